The third-order valence-electron chi connectivity index (χ3n) is 5.57. The molecule has 0 radical (unpaired) electrons. The van der Waals surface area contributed by atoms with Gasteiger partial charge in [-0.2, -0.15) is 0 Å². The SMILES string of the molecule is CC1CC(C)CN(C(=O)CN2CCN(C(=O)Nc3ccc([N+](=O)[O-])cc3)CC2)C1. The predicted molar refractivity (Wildman–Crippen MR) is 110 cm³/mol. The van der Waals surface area contributed by atoms with E-state index in [1.807, 2.05) is 4.90 Å². The summed E-state index contributed by atoms with van der Waals surface area (Å²) in [5.41, 5.74) is 0.505. The molecular weight excluding hydrogens is 374 g/mol. The smallest absolute Gasteiger partial charge is 0.321 e. The minimum Gasteiger partial charge on any atom is -0.341 e. The number of piperidine rings is 1. The number of nitrogens with one attached hydrogen (secondary N) is 1. The first-order valence-corrected chi connectivity index (χ1v) is 10.1. The number of nitrogens with zero attached hydrogens (tertiary/aromatic N) is 4. The Morgan fingerprint density at radius 2 is 1.62 bits per heavy atom. The van der Waals surface area contributed by atoms with Gasteiger partial charge in [0.15, 0.2) is 0 Å². The minimum atomic E-state index is -0.475. The normalized spacial score (nSPS) is 23.0. The average molecular weight is 403 g/mol. The fraction of sp³-hybridized carbons (Fsp3) is 0.600. The van der Waals surface area contributed by atoms with Crippen LogP contribution in [-0.2, 0) is 4.79 Å². The number of nitro groups is 1. The molecule has 2 fully saturated rings. The maximum atomic E-state index is 12.6. The van der Waals surface area contributed by atoms with Crippen molar-refractivity contribution in [2.45, 2.75) is 20.3 Å². The number of benzene rings is 1. The maximum absolute atomic E-state index is 12.6. The standard InChI is InChI=1S/C20H29N5O4/c1-15-11-16(2)13-24(12-15)19(26)14-22-7-9-23(10-8-22)20(27)21-17-3-5-18(6-4-17)25(28)29/h3-6,15-16H,7-14H2,1-2H3,(H,21,27). The highest BCUT2D eigenvalue weighted by Gasteiger charge is 2.28. The Balaban J connectivity index is 1.44. The zero-order valence-corrected chi connectivity index (χ0v) is 17.0. The topological polar surface area (TPSA) is 99.0 Å². The third kappa shape index (κ3) is 5.66. The first-order valence-electron chi connectivity index (χ1n) is 10.1. The minimum absolute atomic E-state index is 0.0150. The van der Waals surface area contributed by atoms with Crippen LogP contribution in [0, 0.1) is 22.0 Å². The number of rotatable bonds is 4. The van der Waals surface area contributed by atoms with Crippen molar-refractivity contribution in [2.24, 2.45) is 11.8 Å². The van der Waals surface area contributed by atoms with Gasteiger partial charge < -0.3 is 15.1 Å². The van der Waals surface area contributed by atoms with E-state index in [-0.39, 0.29) is 17.6 Å². The summed E-state index contributed by atoms with van der Waals surface area (Å²) in [7, 11) is 0. The van der Waals surface area contributed by atoms with E-state index in [4.69, 9.17) is 0 Å². The molecule has 2 heterocycles. The highest BCUT2D eigenvalue weighted by molar-refractivity contribution is 5.89. The molecule has 9 nitrogen and oxygen atoms in total. The quantitative estimate of drug-likeness (QED) is 0.614. The number of carbonyl (C=O) groups excluding carboxylic acids is 2. The molecule has 3 rings (SSSR count). The number of nitro benzene ring substituents is 1. The second-order valence-electron chi connectivity index (χ2n) is 8.24. The Hall–Kier alpha value is -2.68. The van der Waals surface area contributed by atoms with Gasteiger partial charge in [-0.1, -0.05) is 13.8 Å². The van der Waals surface area contributed by atoms with Crippen molar-refractivity contribution in [1.82, 2.24) is 14.7 Å². The van der Waals surface area contributed by atoms with Crippen molar-refractivity contribution in [3.05, 3.63) is 34.4 Å². The summed E-state index contributed by atoms with van der Waals surface area (Å²) in [5.74, 6) is 1.26. The highest BCUT2D eigenvalue weighted by Crippen LogP contribution is 2.21. The van der Waals surface area contributed by atoms with Crippen LogP contribution in [0.1, 0.15) is 20.3 Å². The maximum Gasteiger partial charge on any atom is 0.321 e. The van der Waals surface area contributed by atoms with Crippen LogP contribution < -0.4 is 5.32 Å². The molecule has 2 unspecified atom stereocenters. The molecule has 3 amide bonds. The molecule has 158 valence electrons. The molecule has 1 aromatic carbocycles. The number of urea groups is 1. The molecule has 0 saturated carbocycles. The molecule has 0 bridgehead atoms. The van der Waals surface area contributed by atoms with Gasteiger partial charge in [0, 0.05) is 57.1 Å². The van der Waals surface area contributed by atoms with E-state index in [2.05, 4.69) is 24.1 Å². The zero-order chi connectivity index (χ0) is 21.0. The lowest BCUT2D eigenvalue weighted by Crippen LogP contribution is -2.53. The molecule has 2 saturated heterocycles. The molecule has 2 atom stereocenters. The van der Waals surface area contributed by atoms with Crippen LogP contribution in [0.5, 0.6) is 0 Å². The Morgan fingerprint density at radius 3 is 2.17 bits per heavy atom. The second-order valence-corrected chi connectivity index (χ2v) is 8.24. The van der Waals surface area contributed by atoms with Gasteiger partial charge in [0.25, 0.3) is 5.69 Å². The summed E-state index contributed by atoms with van der Waals surface area (Å²) in [5, 5.41) is 13.5. The van der Waals surface area contributed by atoms with Gasteiger partial charge in [-0.15, -0.1) is 0 Å². The molecule has 29 heavy (non-hydrogen) atoms. The summed E-state index contributed by atoms with van der Waals surface area (Å²) in [6, 6.07) is 5.53. The van der Waals surface area contributed by atoms with Crippen molar-refractivity contribution in [1.29, 1.82) is 0 Å². The second kappa shape index (κ2) is 9.21. The monoisotopic (exact) mass is 403 g/mol. The van der Waals surface area contributed by atoms with Crippen LogP contribution in [0.25, 0.3) is 0 Å². The van der Waals surface area contributed by atoms with Gasteiger partial charge in [-0.3, -0.25) is 19.8 Å². The molecule has 0 spiro atoms. The Bertz CT molecular complexity index is 736. The van der Waals surface area contributed by atoms with Crippen molar-refractivity contribution in [2.75, 3.05) is 51.1 Å². The van der Waals surface area contributed by atoms with E-state index in [0.29, 0.717) is 50.2 Å². The number of likely N-dealkylation sites (tertiary alicyclic amines) is 1. The van der Waals surface area contributed by atoms with Crippen LogP contribution in [0.15, 0.2) is 24.3 Å². The van der Waals surface area contributed by atoms with E-state index in [0.717, 1.165) is 13.1 Å². The molecule has 9 heteroatoms. The van der Waals surface area contributed by atoms with Crippen molar-refractivity contribution < 1.29 is 14.5 Å². The summed E-state index contributed by atoms with van der Waals surface area (Å²) in [4.78, 5) is 41.1. The van der Waals surface area contributed by atoms with E-state index < -0.39 is 4.92 Å². The number of hydrogen-bond donors (Lipinski definition) is 1. The summed E-state index contributed by atoms with van der Waals surface area (Å²) in [6.45, 7) is 8.84. The van der Waals surface area contributed by atoms with Gasteiger partial charge in [-0.05, 0) is 30.4 Å². The molecule has 1 N–H and O–H groups in total. The molecule has 0 aliphatic carbocycles. The van der Waals surface area contributed by atoms with Crippen LogP contribution in [-0.4, -0.2) is 77.4 Å². The van der Waals surface area contributed by atoms with Crippen LogP contribution in [0.2, 0.25) is 0 Å². The van der Waals surface area contributed by atoms with Crippen LogP contribution >= 0.6 is 0 Å². The molecule has 0 aromatic heterocycles. The van der Waals surface area contributed by atoms with Crippen LogP contribution in [0.3, 0.4) is 0 Å². The Morgan fingerprint density at radius 1 is 1.03 bits per heavy atom. The zero-order valence-electron chi connectivity index (χ0n) is 17.0. The third-order valence-corrected chi connectivity index (χ3v) is 5.57. The van der Waals surface area contributed by atoms with Gasteiger partial charge in [-0.25, -0.2) is 4.79 Å². The van der Waals surface area contributed by atoms with E-state index in [1.54, 1.807) is 4.90 Å². The number of piperazine rings is 1. The number of amides is 3. The highest BCUT2D eigenvalue weighted by atomic mass is 16.6. The predicted octanol–water partition coefficient (Wildman–Crippen LogP) is 2.25. The first kappa shape index (κ1) is 21.0. The van der Waals surface area contributed by atoms with E-state index in [9.17, 15) is 19.7 Å². The number of non-ortho nitro benzene ring substituents is 1. The lowest BCUT2D eigenvalue weighted by atomic mass is 9.92. The lowest BCUT2D eigenvalue weighted by molar-refractivity contribution is -0.384. The van der Waals surface area contributed by atoms with Crippen molar-refractivity contribution in [3.63, 3.8) is 0 Å². The molecule has 1 aromatic rings. The van der Waals surface area contributed by atoms with E-state index >= 15 is 0 Å². The van der Waals surface area contributed by atoms with Crippen molar-refractivity contribution >= 4 is 23.3 Å². The van der Waals surface area contributed by atoms with Gasteiger partial charge >= 0.3 is 6.03 Å². The van der Waals surface area contributed by atoms with E-state index in [1.165, 1.54) is 30.7 Å². The Labute approximate surface area is 170 Å². The lowest BCUT2D eigenvalue weighted by Gasteiger charge is -2.38. The number of hydrogen-bond acceptors (Lipinski definition) is 5. The Kier molecular flexibility index (Phi) is 6.68. The largest absolute Gasteiger partial charge is 0.341 e. The number of carbonyl (C=O) groups is 2. The summed E-state index contributed by atoms with van der Waals surface area (Å²) in [6.07, 6.45) is 1.17. The fourth-order valence-corrected chi connectivity index (χ4v) is 4.14. The van der Waals surface area contributed by atoms with Gasteiger partial charge in [0.1, 0.15) is 0 Å². The van der Waals surface area contributed by atoms with Gasteiger partial charge in [0.2, 0.25) is 5.91 Å². The summed E-state index contributed by atoms with van der Waals surface area (Å²) >= 11 is 0. The van der Waals surface area contributed by atoms with Crippen LogP contribution in [0.4, 0.5) is 16.2 Å². The van der Waals surface area contributed by atoms with Gasteiger partial charge in [0.05, 0.1) is 11.5 Å². The first-order chi connectivity index (χ1) is 13.8. The molecule has 2 aliphatic rings. The van der Waals surface area contributed by atoms with Crippen molar-refractivity contribution in [3.8, 4) is 0 Å². The fourth-order valence-electron chi connectivity index (χ4n) is 4.14. The summed E-state index contributed by atoms with van der Waals surface area (Å²) < 4.78 is 0. The average Bonchev–Trinajstić information content (AvgIpc) is 2.68. The number of anilines is 1. The molecule has 2 aliphatic heterocycles. The molecular formula is C20H29N5O4.